The van der Waals surface area contributed by atoms with Gasteiger partial charge in [-0.25, -0.2) is 0 Å². The Labute approximate surface area is 92.9 Å². The number of furan rings is 1. The summed E-state index contributed by atoms with van der Waals surface area (Å²) in [5.74, 6) is 0.580. The van der Waals surface area contributed by atoms with Gasteiger partial charge in [-0.05, 0) is 24.5 Å². The van der Waals surface area contributed by atoms with Gasteiger partial charge in [-0.3, -0.25) is 0 Å². The Hall–Kier alpha value is -1.19. The van der Waals surface area contributed by atoms with Gasteiger partial charge in [0, 0.05) is 10.5 Å². The minimum Gasteiger partial charge on any atom is -0.466 e. The first kappa shape index (κ1) is 10.3. The van der Waals surface area contributed by atoms with E-state index in [1.54, 1.807) is 30.2 Å². The van der Waals surface area contributed by atoms with Gasteiger partial charge in [-0.1, -0.05) is 18.2 Å². The lowest BCUT2D eigenvalue weighted by Gasteiger charge is -2.11. The maximum absolute atomic E-state index is 10.1. The molecule has 0 aliphatic heterocycles. The van der Waals surface area contributed by atoms with E-state index in [-0.39, 0.29) is 0 Å². The van der Waals surface area contributed by atoms with E-state index < -0.39 is 6.10 Å². The highest BCUT2D eigenvalue weighted by Gasteiger charge is 2.15. The van der Waals surface area contributed by atoms with Gasteiger partial charge < -0.3 is 9.52 Å². The molecule has 0 bridgehead atoms. The molecule has 1 aromatic carbocycles. The summed E-state index contributed by atoms with van der Waals surface area (Å²) in [5, 5.41) is 10.1. The minimum atomic E-state index is -0.677. The van der Waals surface area contributed by atoms with Crippen LogP contribution in [-0.4, -0.2) is 11.4 Å². The van der Waals surface area contributed by atoms with E-state index in [1.165, 1.54) is 0 Å². The average Bonchev–Trinajstić information content (AvgIpc) is 2.81. The van der Waals surface area contributed by atoms with Crippen LogP contribution in [0.1, 0.15) is 17.4 Å². The molecular formula is C12H12O2S. The second-order valence-electron chi connectivity index (χ2n) is 3.16. The molecule has 1 N–H and O–H groups in total. The van der Waals surface area contributed by atoms with Crippen LogP contribution in [0.2, 0.25) is 0 Å². The van der Waals surface area contributed by atoms with Crippen molar-refractivity contribution in [2.75, 3.05) is 6.26 Å². The second kappa shape index (κ2) is 4.55. The normalized spacial score (nSPS) is 12.7. The van der Waals surface area contributed by atoms with Crippen molar-refractivity contribution in [3.05, 3.63) is 54.0 Å². The Bertz CT molecular complexity index is 423. The number of rotatable bonds is 3. The van der Waals surface area contributed by atoms with E-state index in [2.05, 4.69) is 0 Å². The monoisotopic (exact) mass is 220 g/mol. The van der Waals surface area contributed by atoms with Crippen LogP contribution in [0.15, 0.2) is 52.0 Å². The molecule has 0 amide bonds. The fourth-order valence-corrected chi connectivity index (χ4v) is 2.12. The summed E-state index contributed by atoms with van der Waals surface area (Å²) >= 11 is 1.62. The number of aliphatic hydroxyl groups excluding tert-OH is 1. The van der Waals surface area contributed by atoms with Gasteiger partial charge in [0.15, 0.2) is 0 Å². The number of thioether (sulfide) groups is 1. The predicted molar refractivity (Wildman–Crippen MR) is 61.0 cm³/mol. The van der Waals surface area contributed by atoms with Crippen molar-refractivity contribution in [2.24, 2.45) is 0 Å². The fourth-order valence-electron chi connectivity index (χ4n) is 1.49. The van der Waals surface area contributed by atoms with Crippen molar-refractivity contribution < 1.29 is 9.52 Å². The Morgan fingerprint density at radius 1 is 1.20 bits per heavy atom. The molecule has 1 heterocycles. The van der Waals surface area contributed by atoms with E-state index in [4.69, 9.17) is 4.42 Å². The first-order valence-electron chi connectivity index (χ1n) is 4.67. The quantitative estimate of drug-likeness (QED) is 0.807. The smallest absolute Gasteiger partial charge is 0.138 e. The van der Waals surface area contributed by atoms with Gasteiger partial charge in [-0.15, -0.1) is 11.8 Å². The van der Waals surface area contributed by atoms with E-state index in [0.29, 0.717) is 5.76 Å². The third kappa shape index (κ3) is 2.08. The number of benzene rings is 1. The summed E-state index contributed by atoms with van der Waals surface area (Å²) in [7, 11) is 0. The Kier molecular flexibility index (Phi) is 3.14. The van der Waals surface area contributed by atoms with Crippen molar-refractivity contribution >= 4 is 11.8 Å². The summed E-state index contributed by atoms with van der Waals surface area (Å²) in [6.45, 7) is 0. The molecule has 2 rings (SSSR count). The molecule has 1 aromatic heterocycles. The van der Waals surface area contributed by atoms with Crippen LogP contribution in [0.25, 0.3) is 0 Å². The summed E-state index contributed by atoms with van der Waals surface area (Å²) < 4.78 is 5.19. The van der Waals surface area contributed by atoms with Crippen molar-refractivity contribution in [3.63, 3.8) is 0 Å². The minimum absolute atomic E-state index is 0.580. The van der Waals surface area contributed by atoms with Crippen molar-refractivity contribution in [1.82, 2.24) is 0 Å². The van der Waals surface area contributed by atoms with Crippen LogP contribution in [0, 0.1) is 0 Å². The summed E-state index contributed by atoms with van der Waals surface area (Å²) in [6.07, 6.45) is 2.89. The first-order valence-corrected chi connectivity index (χ1v) is 5.90. The summed E-state index contributed by atoms with van der Waals surface area (Å²) in [5.41, 5.74) is 0.889. The third-order valence-electron chi connectivity index (χ3n) is 2.25. The Morgan fingerprint density at radius 2 is 2.00 bits per heavy atom. The lowest BCUT2D eigenvalue weighted by Crippen LogP contribution is -1.99. The number of hydrogen-bond acceptors (Lipinski definition) is 3. The molecule has 0 fully saturated rings. The highest BCUT2D eigenvalue weighted by molar-refractivity contribution is 7.98. The lowest BCUT2D eigenvalue weighted by atomic mass is 10.1. The summed E-state index contributed by atoms with van der Waals surface area (Å²) in [6, 6.07) is 11.3. The maximum atomic E-state index is 10.1. The standard InChI is InChI=1S/C12H12O2S/c1-15-11-7-3-2-5-9(11)12(13)10-6-4-8-14-10/h2-8,12-13H,1H3. The van der Waals surface area contributed by atoms with Crippen LogP contribution < -0.4 is 0 Å². The molecular weight excluding hydrogens is 208 g/mol. The van der Waals surface area contributed by atoms with Gasteiger partial charge in [0.25, 0.3) is 0 Å². The van der Waals surface area contributed by atoms with Crippen LogP contribution in [0.4, 0.5) is 0 Å². The molecule has 0 saturated carbocycles. The van der Waals surface area contributed by atoms with Crippen LogP contribution in [0.5, 0.6) is 0 Å². The van der Waals surface area contributed by atoms with Crippen molar-refractivity contribution in [3.8, 4) is 0 Å². The maximum Gasteiger partial charge on any atom is 0.138 e. The van der Waals surface area contributed by atoms with Crippen LogP contribution in [-0.2, 0) is 0 Å². The first-order chi connectivity index (χ1) is 7.33. The van der Waals surface area contributed by atoms with Gasteiger partial charge in [-0.2, -0.15) is 0 Å². The number of aliphatic hydroxyl groups is 1. The molecule has 15 heavy (non-hydrogen) atoms. The molecule has 3 heteroatoms. The SMILES string of the molecule is CSc1ccccc1C(O)c1ccco1. The van der Waals surface area contributed by atoms with E-state index in [0.717, 1.165) is 10.5 Å². The Morgan fingerprint density at radius 3 is 2.67 bits per heavy atom. The second-order valence-corrected chi connectivity index (χ2v) is 4.01. The summed E-state index contributed by atoms with van der Waals surface area (Å²) in [4.78, 5) is 1.07. The van der Waals surface area contributed by atoms with E-state index in [1.807, 2.05) is 30.5 Å². The molecule has 0 aliphatic rings. The molecule has 1 atom stereocenters. The molecule has 0 spiro atoms. The molecule has 0 aliphatic carbocycles. The largest absolute Gasteiger partial charge is 0.466 e. The van der Waals surface area contributed by atoms with Gasteiger partial charge in [0.1, 0.15) is 11.9 Å². The van der Waals surface area contributed by atoms with E-state index >= 15 is 0 Å². The highest BCUT2D eigenvalue weighted by atomic mass is 32.2. The third-order valence-corrected chi connectivity index (χ3v) is 3.06. The molecule has 1 unspecified atom stereocenters. The zero-order valence-electron chi connectivity index (χ0n) is 8.38. The van der Waals surface area contributed by atoms with Gasteiger partial charge >= 0.3 is 0 Å². The van der Waals surface area contributed by atoms with Crippen LogP contribution >= 0.6 is 11.8 Å². The molecule has 0 radical (unpaired) electrons. The highest BCUT2D eigenvalue weighted by Crippen LogP contribution is 2.29. The van der Waals surface area contributed by atoms with Crippen molar-refractivity contribution in [1.29, 1.82) is 0 Å². The van der Waals surface area contributed by atoms with Gasteiger partial charge in [0.05, 0.1) is 6.26 Å². The lowest BCUT2D eigenvalue weighted by molar-refractivity contribution is 0.186. The Balaban J connectivity index is 2.37. The fraction of sp³-hybridized carbons (Fsp3) is 0.167. The zero-order chi connectivity index (χ0) is 10.7. The molecule has 2 nitrogen and oxygen atoms in total. The zero-order valence-corrected chi connectivity index (χ0v) is 9.20. The predicted octanol–water partition coefficient (Wildman–Crippen LogP) is 3.08. The molecule has 78 valence electrons. The topological polar surface area (TPSA) is 33.4 Å². The average molecular weight is 220 g/mol. The van der Waals surface area contributed by atoms with Gasteiger partial charge in [0.2, 0.25) is 0 Å². The van der Waals surface area contributed by atoms with Crippen LogP contribution in [0.3, 0.4) is 0 Å². The number of hydrogen-bond donors (Lipinski definition) is 1. The van der Waals surface area contributed by atoms with Crippen molar-refractivity contribution in [2.45, 2.75) is 11.0 Å². The molecule has 2 aromatic rings. The molecule has 0 saturated heterocycles. The van der Waals surface area contributed by atoms with E-state index in [9.17, 15) is 5.11 Å².